The van der Waals surface area contributed by atoms with E-state index in [4.69, 9.17) is 0 Å². The quantitative estimate of drug-likeness (QED) is 0.780. The molecule has 20 heavy (non-hydrogen) atoms. The molecule has 0 atom stereocenters. The maximum Gasteiger partial charge on any atom is 0.218 e. The van der Waals surface area contributed by atoms with Gasteiger partial charge in [0.1, 0.15) is 6.07 Å². The molecule has 0 saturated carbocycles. The zero-order chi connectivity index (χ0) is 14.6. The van der Waals surface area contributed by atoms with Gasteiger partial charge in [-0.15, -0.1) is 0 Å². The summed E-state index contributed by atoms with van der Waals surface area (Å²) in [5, 5.41) is 9.17. The van der Waals surface area contributed by atoms with Gasteiger partial charge in [0.2, 0.25) is 9.84 Å². The molecule has 0 N–H and O–H groups in total. The lowest BCUT2D eigenvalue weighted by Gasteiger charge is -2.31. The molecule has 1 aromatic rings. The molecule has 1 heterocycles. The lowest BCUT2D eigenvalue weighted by atomic mass is 10.3. The largest absolute Gasteiger partial charge is 0.373 e. The minimum Gasteiger partial charge on any atom is -0.373 e. The Bertz CT molecular complexity index is 624. The molecule has 0 radical (unpaired) electrons. The highest BCUT2D eigenvalue weighted by Gasteiger charge is 2.22. The van der Waals surface area contributed by atoms with E-state index in [1.807, 2.05) is 18.0 Å². The van der Waals surface area contributed by atoms with Gasteiger partial charge in [-0.2, -0.15) is 5.26 Å². The summed E-state index contributed by atoms with van der Waals surface area (Å²) in [7, 11) is -1.70. The molecular formula is C14H17N3O2S. The maximum atomic E-state index is 12.4. The molecule has 0 amide bonds. The van der Waals surface area contributed by atoms with E-state index in [0.29, 0.717) is 0 Å². The van der Waals surface area contributed by atoms with Crippen LogP contribution in [0.2, 0.25) is 0 Å². The molecule has 0 aromatic heterocycles. The number of piperazine rings is 1. The second-order valence-electron chi connectivity index (χ2n) is 4.76. The first-order valence-electron chi connectivity index (χ1n) is 6.38. The van der Waals surface area contributed by atoms with Gasteiger partial charge in [-0.05, 0) is 19.2 Å². The minimum absolute atomic E-state index is 0.155. The predicted octanol–water partition coefficient (Wildman–Crippen LogP) is 1.07. The summed E-state index contributed by atoms with van der Waals surface area (Å²) in [6.45, 7) is 3.18. The molecule has 1 aliphatic heterocycles. The minimum atomic E-state index is -3.72. The van der Waals surface area contributed by atoms with E-state index in [1.165, 1.54) is 18.3 Å². The average molecular weight is 291 g/mol. The molecule has 0 bridgehead atoms. The topological polar surface area (TPSA) is 64.4 Å². The Kier molecular flexibility index (Phi) is 4.42. The summed E-state index contributed by atoms with van der Waals surface area (Å²) in [4.78, 5) is 4.01. The van der Waals surface area contributed by atoms with Crippen LogP contribution < -0.4 is 0 Å². The third-order valence-corrected chi connectivity index (χ3v) is 4.96. The van der Waals surface area contributed by atoms with Crippen molar-refractivity contribution in [1.82, 2.24) is 9.80 Å². The number of hydrogen-bond donors (Lipinski definition) is 0. The summed E-state index contributed by atoms with van der Waals surface area (Å²) >= 11 is 0. The Balaban J connectivity index is 2.27. The predicted molar refractivity (Wildman–Crippen MR) is 76.4 cm³/mol. The van der Waals surface area contributed by atoms with Crippen molar-refractivity contribution in [3.8, 4) is 6.07 Å². The number of hydrogen-bond acceptors (Lipinski definition) is 5. The Morgan fingerprint density at radius 1 is 1.20 bits per heavy atom. The lowest BCUT2D eigenvalue weighted by molar-refractivity contribution is 0.198. The van der Waals surface area contributed by atoms with Crippen LogP contribution >= 0.6 is 0 Å². The van der Waals surface area contributed by atoms with Crippen LogP contribution in [0.3, 0.4) is 0 Å². The smallest absolute Gasteiger partial charge is 0.218 e. The van der Waals surface area contributed by atoms with Crippen LogP contribution in [0, 0.1) is 11.3 Å². The number of benzene rings is 1. The van der Waals surface area contributed by atoms with Crippen molar-refractivity contribution in [2.75, 3.05) is 33.2 Å². The molecule has 5 nitrogen and oxygen atoms in total. The average Bonchev–Trinajstić information content (AvgIpc) is 2.47. The van der Waals surface area contributed by atoms with Crippen molar-refractivity contribution in [1.29, 1.82) is 5.26 Å². The van der Waals surface area contributed by atoms with Gasteiger partial charge in [-0.1, -0.05) is 18.2 Å². The monoisotopic (exact) mass is 291 g/mol. The van der Waals surface area contributed by atoms with Gasteiger partial charge in [-0.25, -0.2) is 8.42 Å². The number of allylic oxidation sites excluding steroid dienone is 1. The van der Waals surface area contributed by atoms with Gasteiger partial charge < -0.3 is 9.80 Å². The Morgan fingerprint density at radius 3 is 2.35 bits per heavy atom. The Hall–Kier alpha value is -1.84. The van der Waals surface area contributed by atoms with Gasteiger partial charge in [0.05, 0.1) is 4.90 Å². The SMILES string of the molecule is CN1CCN(/C=C(\C#N)S(=O)(=O)c2ccccc2)CC1. The van der Waals surface area contributed by atoms with Crippen molar-refractivity contribution in [3.05, 3.63) is 41.4 Å². The molecule has 1 saturated heterocycles. The van der Waals surface area contributed by atoms with E-state index in [9.17, 15) is 13.7 Å². The Labute approximate surface area is 119 Å². The van der Waals surface area contributed by atoms with Crippen LogP contribution in [-0.2, 0) is 9.84 Å². The van der Waals surface area contributed by atoms with Crippen LogP contribution in [0.1, 0.15) is 0 Å². The molecule has 1 fully saturated rings. The molecule has 0 unspecified atom stereocenters. The van der Waals surface area contributed by atoms with Crippen LogP contribution in [0.4, 0.5) is 0 Å². The van der Waals surface area contributed by atoms with Crippen molar-refractivity contribution < 1.29 is 8.42 Å². The highest BCUT2D eigenvalue weighted by molar-refractivity contribution is 7.95. The second kappa shape index (κ2) is 6.07. The van der Waals surface area contributed by atoms with Gasteiger partial charge in [0, 0.05) is 32.4 Å². The molecule has 2 rings (SSSR count). The number of nitriles is 1. The molecular weight excluding hydrogens is 274 g/mol. The van der Waals surface area contributed by atoms with Crippen LogP contribution in [0.5, 0.6) is 0 Å². The number of sulfone groups is 1. The molecule has 0 spiro atoms. The van der Waals surface area contributed by atoms with E-state index in [-0.39, 0.29) is 9.80 Å². The second-order valence-corrected chi connectivity index (χ2v) is 6.68. The first-order valence-corrected chi connectivity index (χ1v) is 7.87. The van der Waals surface area contributed by atoms with Gasteiger partial charge >= 0.3 is 0 Å². The summed E-state index contributed by atoms with van der Waals surface area (Å²) in [6.07, 6.45) is 1.47. The maximum absolute atomic E-state index is 12.4. The number of likely N-dealkylation sites (N-methyl/N-ethyl adjacent to an activating group) is 1. The summed E-state index contributed by atoms with van der Waals surface area (Å²) < 4.78 is 24.7. The molecule has 0 aliphatic carbocycles. The van der Waals surface area contributed by atoms with Gasteiger partial charge in [-0.3, -0.25) is 0 Å². The summed E-state index contributed by atoms with van der Waals surface area (Å²) in [5.74, 6) is 0. The zero-order valence-corrected chi connectivity index (χ0v) is 12.2. The molecule has 106 valence electrons. The highest BCUT2D eigenvalue weighted by atomic mass is 32.2. The van der Waals surface area contributed by atoms with Gasteiger partial charge in [0.25, 0.3) is 0 Å². The van der Waals surface area contributed by atoms with Crippen molar-refractivity contribution >= 4 is 9.84 Å². The third-order valence-electron chi connectivity index (χ3n) is 3.29. The van der Waals surface area contributed by atoms with Crippen molar-refractivity contribution in [2.45, 2.75) is 4.90 Å². The van der Waals surface area contributed by atoms with E-state index in [1.54, 1.807) is 18.2 Å². The first kappa shape index (κ1) is 14.6. The van der Waals surface area contributed by atoms with E-state index in [0.717, 1.165) is 26.2 Å². The fraction of sp³-hybridized carbons (Fsp3) is 0.357. The van der Waals surface area contributed by atoms with Crippen LogP contribution in [0.15, 0.2) is 46.3 Å². The standard InChI is InChI=1S/C14H17N3O2S/c1-16-7-9-17(10-8-16)12-14(11-15)20(18,19)13-5-3-2-4-6-13/h2-6,12H,7-10H2,1H3/b14-12+. The van der Waals surface area contributed by atoms with Gasteiger partial charge in [0.15, 0.2) is 4.91 Å². The first-order chi connectivity index (χ1) is 9.54. The van der Waals surface area contributed by atoms with Crippen molar-refractivity contribution in [2.24, 2.45) is 0 Å². The third kappa shape index (κ3) is 3.18. The highest BCUT2D eigenvalue weighted by Crippen LogP contribution is 2.19. The zero-order valence-electron chi connectivity index (χ0n) is 11.4. The molecule has 1 aromatic carbocycles. The number of rotatable bonds is 3. The van der Waals surface area contributed by atoms with Crippen LogP contribution in [0.25, 0.3) is 0 Å². The Morgan fingerprint density at radius 2 is 1.80 bits per heavy atom. The van der Waals surface area contributed by atoms with E-state index >= 15 is 0 Å². The fourth-order valence-electron chi connectivity index (χ4n) is 2.00. The molecule has 6 heteroatoms. The number of nitrogens with zero attached hydrogens (tertiary/aromatic N) is 3. The van der Waals surface area contributed by atoms with E-state index < -0.39 is 9.84 Å². The lowest BCUT2D eigenvalue weighted by Crippen LogP contribution is -2.42. The summed E-state index contributed by atoms with van der Waals surface area (Å²) in [6, 6.07) is 9.87. The normalized spacial score (nSPS) is 17.8. The van der Waals surface area contributed by atoms with E-state index in [2.05, 4.69) is 4.90 Å². The summed E-state index contributed by atoms with van der Waals surface area (Å²) in [5.41, 5.74) is 0. The van der Waals surface area contributed by atoms with Crippen LogP contribution in [-0.4, -0.2) is 51.4 Å². The molecule has 1 aliphatic rings. The van der Waals surface area contributed by atoms with Crippen molar-refractivity contribution in [3.63, 3.8) is 0 Å². The fourth-order valence-corrected chi connectivity index (χ4v) is 3.18.